The van der Waals surface area contributed by atoms with Gasteiger partial charge in [0.05, 0.1) is 16.7 Å². The average molecular weight is 423 g/mol. The number of amides is 3. The standard InChI is InChI=1S/C19H23ClN4O3S/c1-2-3-4-9-24-17(26)14-8-5-12(20)10-15(14)22-19(24)28-11-16(25)23-18(27)21-13-6-7-13/h5,8,10,13H,2-4,6-7,9,11H2,1H3,(H2,21,23,25,27). The summed E-state index contributed by atoms with van der Waals surface area (Å²) >= 11 is 7.17. The molecule has 9 heteroatoms. The van der Waals surface area contributed by atoms with E-state index in [2.05, 4.69) is 22.5 Å². The van der Waals surface area contributed by atoms with Gasteiger partial charge in [0.25, 0.3) is 5.56 Å². The van der Waals surface area contributed by atoms with Crippen LogP contribution in [0.2, 0.25) is 5.02 Å². The second-order valence-electron chi connectivity index (χ2n) is 6.80. The van der Waals surface area contributed by atoms with Crippen LogP contribution < -0.4 is 16.2 Å². The quantitative estimate of drug-likeness (QED) is 0.386. The predicted octanol–water partition coefficient (Wildman–Crippen LogP) is 3.32. The van der Waals surface area contributed by atoms with Crippen LogP contribution in [0.1, 0.15) is 39.0 Å². The van der Waals surface area contributed by atoms with E-state index in [4.69, 9.17) is 11.6 Å². The molecule has 150 valence electrons. The van der Waals surface area contributed by atoms with Crippen LogP contribution in [0.4, 0.5) is 4.79 Å². The second kappa shape index (κ2) is 9.43. The van der Waals surface area contributed by atoms with Gasteiger partial charge in [-0.3, -0.25) is 19.5 Å². The van der Waals surface area contributed by atoms with Crippen LogP contribution in [-0.2, 0) is 11.3 Å². The van der Waals surface area contributed by atoms with Gasteiger partial charge in [0, 0.05) is 17.6 Å². The van der Waals surface area contributed by atoms with Gasteiger partial charge in [-0.05, 0) is 37.5 Å². The number of thioether (sulfide) groups is 1. The SMILES string of the molecule is CCCCCn1c(SCC(=O)NC(=O)NC2CC2)nc2cc(Cl)ccc2c1=O. The van der Waals surface area contributed by atoms with E-state index in [0.717, 1.165) is 43.9 Å². The third-order valence-corrected chi connectivity index (χ3v) is 5.58. The van der Waals surface area contributed by atoms with Crippen LogP contribution in [0.3, 0.4) is 0 Å². The molecule has 0 atom stereocenters. The van der Waals surface area contributed by atoms with E-state index in [0.29, 0.717) is 27.6 Å². The highest BCUT2D eigenvalue weighted by molar-refractivity contribution is 7.99. The molecular formula is C19H23ClN4O3S. The van der Waals surface area contributed by atoms with E-state index >= 15 is 0 Å². The summed E-state index contributed by atoms with van der Waals surface area (Å²) < 4.78 is 1.61. The Hall–Kier alpha value is -2.06. The first-order chi connectivity index (χ1) is 13.5. The third-order valence-electron chi connectivity index (χ3n) is 4.37. The summed E-state index contributed by atoms with van der Waals surface area (Å²) in [4.78, 5) is 41.2. The van der Waals surface area contributed by atoms with Crippen LogP contribution in [-0.4, -0.2) is 33.3 Å². The number of unbranched alkanes of at least 4 members (excludes halogenated alkanes) is 2. The number of carbonyl (C=O) groups excluding carboxylic acids is 2. The molecule has 0 unspecified atom stereocenters. The lowest BCUT2D eigenvalue weighted by Gasteiger charge is -2.13. The lowest BCUT2D eigenvalue weighted by molar-refractivity contribution is -0.117. The Labute approximate surface area is 172 Å². The maximum absolute atomic E-state index is 12.9. The third kappa shape index (κ3) is 5.48. The van der Waals surface area contributed by atoms with Crippen LogP contribution in [0.25, 0.3) is 10.9 Å². The Morgan fingerprint density at radius 1 is 1.32 bits per heavy atom. The summed E-state index contributed by atoms with van der Waals surface area (Å²) in [7, 11) is 0. The number of urea groups is 1. The fourth-order valence-electron chi connectivity index (χ4n) is 2.74. The number of nitrogens with one attached hydrogen (secondary N) is 2. The molecule has 3 amide bonds. The van der Waals surface area contributed by atoms with Crippen LogP contribution >= 0.6 is 23.4 Å². The molecule has 1 aromatic heterocycles. The first-order valence-corrected chi connectivity index (χ1v) is 10.8. The van der Waals surface area contributed by atoms with Crippen LogP contribution in [0, 0.1) is 0 Å². The molecule has 1 heterocycles. The lowest BCUT2D eigenvalue weighted by atomic mass is 10.2. The summed E-state index contributed by atoms with van der Waals surface area (Å²) in [6.07, 6.45) is 4.78. The van der Waals surface area contributed by atoms with Crippen molar-refractivity contribution >= 4 is 46.2 Å². The van der Waals surface area contributed by atoms with Crippen LogP contribution in [0.15, 0.2) is 28.2 Å². The maximum Gasteiger partial charge on any atom is 0.321 e. The van der Waals surface area contributed by atoms with Gasteiger partial charge in [-0.15, -0.1) is 0 Å². The second-order valence-corrected chi connectivity index (χ2v) is 8.18. The average Bonchev–Trinajstić information content (AvgIpc) is 3.45. The first-order valence-electron chi connectivity index (χ1n) is 9.41. The first kappa shape index (κ1) is 20.7. The molecule has 1 aliphatic rings. The highest BCUT2D eigenvalue weighted by atomic mass is 35.5. The van der Waals surface area contributed by atoms with Gasteiger partial charge < -0.3 is 5.32 Å². The minimum atomic E-state index is -0.480. The summed E-state index contributed by atoms with van der Waals surface area (Å²) in [5.41, 5.74) is 0.353. The molecule has 0 bridgehead atoms. The summed E-state index contributed by atoms with van der Waals surface area (Å²) in [6, 6.07) is 4.68. The Morgan fingerprint density at radius 2 is 2.11 bits per heavy atom. The van der Waals surface area contributed by atoms with Crippen molar-refractivity contribution in [2.24, 2.45) is 0 Å². The molecule has 3 rings (SSSR count). The van der Waals surface area contributed by atoms with E-state index in [9.17, 15) is 14.4 Å². The van der Waals surface area contributed by atoms with Crippen molar-refractivity contribution in [1.29, 1.82) is 0 Å². The molecule has 1 saturated carbocycles. The number of fused-ring (bicyclic) bond motifs is 1. The highest BCUT2D eigenvalue weighted by Gasteiger charge is 2.24. The largest absolute Gasteiger partial charge is 0.335 e. The van der Waals surface area contributed by atoms with Crippen LogP contribution in [0.5, 0.6) is 0 Å². The van der Waals surface area contributed by atoms with Crippen molar-refractivity contribution in [2.75, 3.05) is 5.75 Å². The smallest absolute Gasteiger partial charge is 0.321 e. The molecule has 1 aromatic carbocycles. The fraction of sp³-hybridized carbons (Fsp3) is 0.474. The van der Waals surface area contributed by atoms with E-state index in [1.165, 1.54) is 0 Å². The van der Waals surface area contributed by atoms with E-state index < -0.39 is 11.9 Å². The number of hydrogen-bond donors (Lipinski definition) is 2. The maximum atomic E-state index is 12.9. The number of benzene rings is 1. The summed E-state index contributed by atoms with van der Waals surface area (Å²) in [5.74, 6) is -0.437. The van der Waals surface area contributed by atoms with E-state index in [-0.39, 0.29) is 17.4 Å². The van der Waals surface area contributed by atoms with Crippen molar-refractivity contribution in [1.82, 2.24) is 20.2 Å². The van der Waals surface area contributed by atoms with Gasteiger partial charge in [0.2, 0.25) is 5.91 Å². The van der Waals surface area contributed by atoms with Gasteiger partial charge in [0.1, 0.15) is 0 Å². The van der Waals surface area contributed by atoms with E-state index in [1.54, 1.807) is 22.8 Å². The number of nitrogens with zero attached hydrogens (tertiary/aromatic N) is 2. The molecule has 0 radical (unpaired) electrons. The zero-order valence-corrected chi connectivity index (χ0v) is 17.2. The lowest BCUT2D eigenvalue weighted by Crippen LogP contribution is -2.41. The Morgan fingerprint density at radius 3 is 2.82 bits per heavy atom. The Balaban J connectivity index is 1.76. The normalized spacial score (nSPS) is 13.5. The molecule has 0 saturated heterocycles. The minimum absolute atomic E-state index is 0.00955. The molecule has 2 N–H and O–H groups in total. The number of hydrogen-bond acceptors (Lipinski definition) is 5. The van der Waals surface area contributed by atoms with Crippen molar-refractivity contribution in [3.63, 3.8) is 0 Å². The van der Waals surface area contributed by atoms with Gasteiger partial charge in [-0.2, -0.15) is 0 Å². The fourth-order valence-corrected chi connectivity index (χ4v) is 3.73. The molecule has 0 spiro atoms. The van der Waals surface area contributed by atoms with Crippen molar-refractivity contribution in [3.05, 3.63) is 33.6 Å². The topological polar surface area (TPSA) is 93.1 Å². The molecule has 7 nitrogen and oxygen atoms in total. The molecule has 2 aromatic rings. The summed E-state index contributed by atoms with van der Waals surface area (Å²) in [6.45, 7) is 2.63. The van der Waals surface area contributed by atoms with Gasteiger partial charge >= 0.3 is 6.03 Å². The van der Waals surface area contributed by atoms with E-state index in [1.807, 2.05) is 0 Å². The zero-order valence-electron chi connectivity index (χ0n) is 15.7. The van der Waals surface area contributed by atoms with Gasteiger partial charge in [-0.25, -0.2) is 9.78 Å². The zero-order chi connectivity index (χ0) is 20.1. The Kier molecular flexibility index (Phi) is 6.96. The highest BCUT2D eigenvalue weighted by Crippen LogP contribution is 2.21. The number of rotatable bonds is 8. The molecular weight excluding hydrogens is 400 g/mol. The molecule has 0 aliphatic heterocycles. The number of halogens is 1. The predicted molar refractivity (Wildman–Crippen MR) is 111 cm³/mol. The van der Waals surface area contributed by atoms with Gasteiger partial charge in [-0.1, -0.05) is 43.1 Å². The van der Waals surface area contributed by atoms with Gasteiger partial charge in [0.15, 0.2) is 5.16 Å². The number of aromatic nitrogens is 2. The molecule has 28 heavy (non-hydrogen) atoms. The number of imide groups is 1. The molecule has 1 aliphatic carbocycles. The van der Waals surface area contributed by atoms with Crippen molar-refractivity contribution in [3.8, 4) is 0 Å². The number of carbonyl (C=O) groups is 2. The molecule has 1 fully saturated rings. The Bertz CT molecular complexity index is 943. The minimum Gasteiger partial charge on any atom is -0.335 e. The summed E-state index contributed by atoms with van der Waals surface area (Å²) in [5, 5.41) is 6.46. The van der Waals surface area contributed by atoms with Crippen molar-refractivity contribution in [2.45, 2.75) is 56.8 Å². The monoisotopic (exact) mass is 422 g/mol. The van der Waals surface area contributed by atoms with Crippen molar-refractivity contribution < 1.29 is 9.59 Å².